The summed E-state index contributed by atoms with van der Waals surface area (Å²) in [6.45, 7) is 15.8. The summed E-state index contributed by atoms with van der Waals surface area (Å²) in [5.41, 5.74) is -0.994. The van der Waals surface area contributed by atoms with Crippen LogP contribution in [-0.2, 0) is 23.8 Å². The molecule has 6 heteroatoms. The Hall–Kier alpha value is -1.76. The van der Waals surface area contributed by atoms with Gasteiger partial charge in [0.15, 0.2) is 23.3 Å². The van der Waals surface area contributed by atoms with E-state index in [1.54, 1.807) is 19.9 Å². The van der Waals surface area contributed by atoms with Crippen LogP contribution in [0.1, 0.15) is 61.8 Å². The zero-order chi connectivity index (χ0) is 25.0. The summed E-state index contributed by atoms with van der Waals surface area (Å²) in [6, 6.07) is 0. The van der Waals surface area contributed by atoms with Gasteiger partial charge in [-0.3, -0.25) is 4.79 Å². The van der Waals surface area contributed by atoms with Crippen molar-refractivity contribution in [3.05, 3.63) is 34.9 Å². The number of esters is 1. The molecule has 2 saturated carbocycles. The number of carbonyl (C=O) groups is 2. The van der Waals surface area contributed by atoms with E-state index >= 15 is 0 Å². The molecule has 5 rings (SSSR count). The van der Waals surface area contributed by atoms with Gasteiger partial charge in [0.2, 0.25) is 0 Å². The molecule has 186 valence electrons. The van der Waals surface area contributed by atoms with Crippen molar-refractivity contribution in [2.24, 2.45) is 34.5 Å². The summed E-state index contributed by atoms with van der Waals surface area (Å²) in [5.74, 6) is -1.30. The maximum Gasteiger partial charge on any atom is 0.334 e. The molecule has 1 spiro atoms. The van der Waals surface area contributed by atoms with Gasteiger partial charge >= 0.3 is 5.97 Å². The Labute approximate surface area is 202 Å². The van der Waals surface area contributed by atoms with E-state index in [1.165, 1.54) is 0 Å². The molecule has 2 bridgehead atoms. The third kappa shape index (κ3) is 2.85. The van der Waals surface area contributed by atoms with E-state index in [0.29, 0.717) is 17.1 Å². The van der Waals surface area contributed by atoms with Gasteiger partial charge in [0, 0.05) is 11.5 Å². The van der Waals surface area contributed by atoms with Crippen molar-refractivity contribution in [3.8, 4) is 0 Å². The van der Waals surface area contributed by atoms with Crippen LogP contribution in [0.2, 0.25) is 0 Å². The second-order valence-corrected chi connectivity index (χ2v) is 12.2. The monoisotopic (exact) mass is 470 g/mol. The molecule has 8 atom stereocenters. The van der Waals surface area contributed by atoms with Gasteiger partial charge in [-0.2, -0.15) is 0 Å². The quantitative estimate of drug-likeness (QED) is 0.371. The van der Waals surface area contributed by atoms with Crippen LogP contribution in [0.15, 0.2) is 34.9 Å². The van der Waals surface area contributed by atoms with Crippen LogP contribution in [-0.4, -0.2) is 47.1 Å². The Kier molecular flexibility index (Phi) is 5.03. The highest BCUT2D eigenvalue weighted by molar-refractivity contribution is 5.96. The van der Waals surface area contributed by atoms with Crippen LogP contribution in [0.25, 0.3) is 0 Å². The predicted molar refractivity (Wildman–Crippen MR) is 126 cm³/mol. The molecule has 3 fully saturated rings. The average Bonchev–Trinajstić information content (AvgIpc) is 3.25. The topological polar surface area (TPSA) is 82.1 Å². The van der Waals surface area contributed by atoms with Crippen molar-refractivity contribution in [1.82, 2.24) is 0 Å². The van der Waals surface area contributed by atoms with Gasteiger partial charge in [-0.25, -0.2) is 4.79 Å². The molecule has 0 amide bonds. The minimum Gasteiger partial charge on any atom is -0.451 e. The van der Waals surface area contributed by atoms with E-state index in [0.717, 1.165) is 12.0 Å². The number of Topliss-reactive ketones (excluding diaryl/α,β-unsaturated/α-hetero) is 1. The summed E-state index contributed by atoms with van der Waals surface area (Å²) in [4.78, 5) is 27.5. The second kappa shape index (κ2) is 7.14. The standard InChI is InChI=1S/C28H38O6/c1-9-14(2)24(30)33-22-15(3)12-27-16(4)10-19-20(25(19,5)6)18(21(27)29)11-17-13-32-26(7,8)34-23(17)28(22,27)31/h9,11-12,16,18-20,22-23,31H,10,13H2,1-8H3/b14-9+/t16-,18?,19?,20?,22?,23?,27?,28?/m1/s1. The molecule has 4 aliphatic carbocycles. The Morgan fingerprint density at radius 3 is 2.59 bits per heavy atom. The van der Waals surface area contributed by atoms with Crippen molar-refractivity contribution >= 4 is 11.8 Å². The van der Waals surface area contributed by atoms with Gasteiger partial charge in [0.05, 0.1) is 12.0 Å². The fourth-order valence-electron chi connectivity index (χ4n) is 7.62. The molecule has 6 nitrogen and oxygen atoms in total. The molecule has 0 aromatic rings. The summed E-state index contributed by atoms with van der Waals surface area (Å²) >= 11 is 0. The Morgan fingerprint density at radius 1 is 1.26 bits per heavy atom. The third-order valence-corrected chi connectivity index (χ3v) is 9.65. The van der Waals surface area contributed by atoms with E-state index in [2.05, 4.69) is 20.8 Å². The smallest absolute Gasteiger partial charge is 0.334 e. The minimum atomic E-state index is -1.76. The number of ether oxygens (including phenoxy) is 3. The normalized spacial score (nSPS) is 46.1. The van der Waals surface area contributed by atoms with Gasteiger partial charge in [0.25, 0.3) is 0 Å². The van der Waals surface area contributed by atoms with Crippen molar-refractivity contribution in [1.29, 1.82) is 0 Å². The number of aliphatic hydroxyl groups is 1. The van der Waals surface area contributed by atoms with Crippen molar-refractivity contribution in [2.45, 2.75) is 85.4 Å². The number of hydrogen-bond donors (Lipinski definition) is 1. The average molecular weight is 471 g/mol. The first-order chi connectivity index (χ1) is 15.7. The molecule has 1 aliphatic heterocycles. The van der Waals surface area contributed by atoms with Crippen molar-refractivity contribution < 1.29 is 28.9 Å². The molecule has 5 aliphatic rings. The van der Waals surface area contributed by atoms with Crippen LogP contribution >= 0.6 is 0 Å². The largest absolute Gasteiger partial charge is 0.451 e. The summed E-state index contributed by atoms with van der Waals surface area (Å²) in [7, 11) is 0. The van der Waals surface area contributed by atoms with E-state index in [4.69, 9.17) is 14.2 Å². The van der Waals surface area contributed by atoms with Crippen LogP contribution in [0.4, 0.5) is 0 Å². The molecule has 1 heterocycles. The second-order valence-electron chi connectivity index (χ2n) is 12.2. The molecular weight excluding hydrogens is 432 g/mol. The van der Waals surface area contributed by atoms with Crippen LogP contribution in [0.5, 0.6) is 0 Å². The molecule has 1 N–H and O–H groups in total. The number of fused-ring (bicyclic) bond motifs is 5. The highest BCUT2D eigenvalue weighted by Crippen LogP contribution is 2.72. The number of allylic oxidation sites excluding steroid dienone is 2. The lowest BCUT2D eigenvalue weighted by atomic mass is 9.59. The molecule has 0 aromatic heterocycles. The molecule has 7 unspecified atom stereocenters. The highest BCUT2D eigenvalue weighted by atomic mass is 16.7. The number of rotatable bonds is 2. The van der Waals surface area contributed by atoms with E-state index < -0.39 is 35.0 Å². The third-order valence-electron chi connectivity index (χ3n) is 9.65. The van der Waals surface area contributed by atoms with Gasteiger partial charge in [-0.05, 0) is 75.4 Å². The molecular formula is C28H38O6. The highest BCUT2D eigenvalue weighted by Gasteiger charge is 2.77. The minimum absolute atomic E-state index is 0.0181. The van der Waals surface area contributed by atoms with Gasteiger partial charge < -0.3 is 19.3 Å². The fourth-order valence-corrected chi connectivity index (χ4v) is 7.62. The lowest BCUT2D eigenvalue weighted by Gasteiger charge is -2.52. The van der Waals surface area contributed by atoms with Crippen LogP contribution in [0.3, 0.4) is 0 Å². The van der Waals surface area contributed by atoms with Gasteiger partial charge in [-0.1, -0.05) is 39.0 Å². The predicted octanol–water partition coefficient (Wildman–Crippen LogP) is 4.13. The van der Waals surface area contributed by atoms with Gasteiger partial charge in [-0.15, -0.1) is 0 Å². The molecule has 0 radical (unpaired) electrons. The first-order valence-corrected chi connectivity index (χ1v) is 12.5. The Balaban J connectivity index is 1.72. The lowest BCUT2D eigenvalue weighted by molar-refractivity contribution is -0.303. The number of hydrogen-bond acceptors (Lipinski definition) is 6. The van der Waals surface area contributed by atoms with Crippen molar-refractivity contribution in [3.63, 3.8) is 0 Å². The Morgan fingerprint density at radius 2 is 1.94 bits per heavy atom. The van der Waals surface area contributed by atoms with E-state index in [-0.39, 0.29) is 35.6 Å². The number of carbonyl (C=O) groups excluding carboxylic acids is 2. The summed E-state index contributed by atoms with van der Waals surface area (Å²) < 4.78 is 18.4. The zero-order valence-electron chi connectivity index (χ0n) is 21.6. The fraction of sp³-hybridized carbons (Fsp3) is 0.714. The maximum atomic E-state index is 14.6. The summed E-state index contributed by atoms with van der Waals surface area (Å²) in [6.07, 6.45) is 4.62. The molecule has 0 aromatic carbocycles. The Bertz CT molecular complexity index is 1050. The van der Waals surface area contributed by atoms with Gasteiger partial charge in [0.1, 0.15) is 6.10 Å². The van der Waals surface area contributed by atoms with Crippen LogP contribution in [0, 0.1) is 34.5 Å². The van der Waals surface area contributed by atoms with E-state index in [9.17, 15) is 14.7 Å². The maximum absolute atomic E-state index is 14.6. The first kappa shape index (κ1) is 24.0. The molecule has 34 heavy (non-hydrogen) atoms. The first-order valence-electron chi connectivity index (χ1n) is 12.5. The summed E-state index contributed by atoms with van der Waals surface area (Å²) in [5, 5.41) is 12.9. The van der Waals surface area contributed by atoms with E-state index in [1.807, 2.05) is 32.9 Å². The van der Waals surface area contributed by atoms with Crippen molar-refractivity contribution in [2.75, 3.05) is 6.61 Å². The zero-order valence-corrected chi connectivity index (χ0v) is 21.6. The van der Waals surface area contributed by atoms with Crippen LogP contribution < -0.4 is 0 Å². The molecule has 1 saturated heterocycles. The number of ketones is 1. The SMILES string of the molecule is C/C=C(\C)C(=O)OC1C(C)=CC23C(=O)C(C=C4COC(C)(C)OC4C12O)C1C(C[C@H]3C)C1(C)C. The lowest BCUT2D eigenvalue weighted by Crippen LogP contribution is -2.68.